The highest BCUT2D eigenvalue weighted by Gasteiger charge is 2.30. The lowest BCUT2D eigenvalue weighted by molar-refractivity contribution is -0.117. The third-order valence-electron chi connectivity index (χ3n) is 3.23. The lowest BCUT2D eigenvalue weighted by atomic mass is 10.1. The Labute approximate surface area is 90.9 Å². The molecule has 0 aliphatic carbocycles. The Morgan fingerprint density at radius 2 is 2.00 bits per heavy atom. The molecule has 80 valence electrons. The van der Waals surface area contributed by atoms with Crippen LogP contribution in [0.4, 0.5) is 0 Å². The Morgan fingerprint density at radius 3 is 2.53 bits per heavy atom. The van der Waals surface area contributed by atoms with Gasteiger partial charge in [0.05, 0.1) is 6.54 Å². The molecule has 1 aromatic carbocycles. The number of benzene rings is 1. The largest absolute Gasteiger partial charge is 0.298 e. The smallest absolute Gasteiger partial charge is 0.148 e. The molecule has 0 saturated carbocycles. The van der Waals surface area contributed by atoms with Crippen LogP contribution < -0.4 is 0 Å². The fourth-order valence-electron chi connectivity index (χ4n) is 2.31. The second kappa shape index (κ2) is 4.15. The first-order chi connectivity index (χ1) is 7.18. The third kappa shape index (κ3) is 2.10. The van der Waals surface area contributed by atoms with E-state index in [0.29, 0.717) is 30.8 Å². The van der Waals surface area contributed by atoms with Crippen LogP contribution in [0, 0.1) is 0 Å². The zero-order chi connectivity index (χ0) is 10.8. The van der Waals surface area contributed by atoms with E-state index in [9.17, 15) is 4.79 Å². The highest BCUT2D eigenvalue weighted by Crippen LogP contribution is 2.27. The highest BCUT2D eigenvalue weighted by molar-refractivity contribution is 5.83. The molecule has 2 nitrogen and oxygen atoms in total. The van der Waals surface area contributed by atoms with E-state index >= 15 is 0 Å². The van der Waals surface area contributed by atoms with Crippen molar-refractivity contribution in [1.82, 2.24) is 4.90 Å². The first-order valence-corrected chi connectivity index (χ1v) is 5.51. The summed E-state index contributed by atoms with van der Waals surface area (Å²) in [7, 11) is 0. The summed E-state index contributed by atoms with van der Waals surface area (Å²) in [6, 6.07) is 11.1. The number of likely N-dealkylation sites (tertiary alicyclic amines) is 1. The number of Topliss-reactive ketones (excluding diaryl/α,β-unsaturated/α-hetero) is 1. The van der Waals surface area contributed by atoms with Gasteiger partial charge in [-0.1, -0.05) is 30.3 Å². The van der Waals surface area contributed by atoms with Crippen LogP contribution in [0.3, 0.4) is 0 Å². The summed E-state index contributed by atoms with van der Waals surface area (Å²) in [6.45, 7) is 4.91. The van der Waals surface area contributed by atoms with Gasteiger partial charge in [0.25, 0.3) is 0 Å². The zero-order valence-electron chi connectivity index (χ0n) is 9.31. The molecule has 0 N–H and O–H groups in total. The van der Waals surface area contributed by atoms with Crippen molar-refractivity contribution in [3.8, 4) is 0 Å². The molecule has 1 heterocycles. The van der Waals surface area contributed by atoms with Gasteiger partial charge < -0.3 is 0 Å². The minimum Gasteiger partial charge on any atom is -0.298 e. The first-order valence-electron chi connectivity index (χ1n) is 5.51. The van der Waals surface area contributed by atoms with Crippen LogP contribution in [0.1, 0.15) is 31.9 Å². The second-order valence-corrected chi connectivity index (χ2v) is 4.35. The van der Waals surface area contributed by atoms with Crippen molar-refractivity contribution in [2.24, 2.45) is 0 Å². The number of hydrogen-bond donors (Lipinski definition) is 0. The minimum atomic E-state index is 0.340. The average molecular weight is 203 g/mol. The number of rotatable bonds is 2. The lowest BCUT2D eigenvalue weighted by Gasteiger charge is -2.27. The maximum Gasteiger partial charge on any atom is 0.148 e. The molecule has 1 aromatic rings. The Morgan fingerprint density at radius 1 is 1.33 bits per heavy atom. The Hall–Kier alpha value is -1.15. The molecular weight excluding hydrogens is 186 g/mol. The fourth-order valence-corrected chi connectivity index (χ4v) is 2.31. The molecule has 1 aliphatic heterocycles. The molecule has 0 aromatic heterocycles. The van der Waals surface area contributed by atoms with Crippen molar-refractivity contribution in [3.05, 3.63) is 35.9 Å². The summed E-state index contributed by atoms with van der Waals surface area (Å²) < 4.78 is 0. The van der Waals surface area contributed by atoms with E-state index in [1.165, 1.54) is 5.56 Å². The van der Waals surface area contributed by atoms with Gasteiger partial charge in [0.1, 0.15) is 5.78 Å². The van der Waals surface area contributed by atoms with Gasteiger partial charge in [0.15, 0.2) is 0 Å². The standard InChI is InChI=1S/C13H17NO/c1-10-8-13(15)9-14(10)11(2)12-6-4-3-5-7-12/h3-7,10-11H,8-9H2,1-2H3/t10-,11-/m0/s1. The Bertz CT molecular complexity index is 347. The van der Waals surface area contributed by atoms with E-state index in [0.717, 1.165) is 0 Å². The van der Waals surface area contributed by atoms with Crippen molar-refractivity contribution >= 4 is 5.78 Å². The normalized spacial score (nSPS) is 24.4. The van der Waals surface area contributed by atoms with Gasteiger partial charge in [-0.05, 0) is 19.4 Å². The summed E-state index contributed by atoms with van der Waals surface area (Å²) in [5.74, 6) is 0.366. The number of nitrogens with zero attached hydrogens (tertiary/aromatic N) is 1. The maximum atomic E-state index is 11.4. The minimum absolute atomic E-state index is 0.340. The molecular formula is C13H17NO. The SMILES string of the molecule is C[C@H]1CC(=O)CN1[C@@H](C)c1ccccc1. The summed E-state index contributed by atoms with van der Waals surface area (Å²) >= 11 is 0. The summed E-state index contributed by atoms with van der Waals surface area (Å²) in [4.78, 5) is 13.6. The van der Waals surface area contributed by atoms with Gasteiger partial charge >= 0.3 is 0 Å². The molecule has 0 bridgehead atoms. The Balaban J connectivity index is 2.15. The molecule has 0 unspecified atom stereocenters. The number of ketones is 1. The fraction of sp³-hybridized carbons (Fsp3) is 0.462. The van der Waals surface area contributed by atoms with Crippen LogP contribution >= 0.6 is 0 Å². The van der Waals surface area contributed by atoms with Gasteiger partial charge in [0, 0.05) is 18.5 Å². The van der Waals surface area contributed by atoms with Crippen molar-refractivity contribution in [1.29, 1.82) is 0 Å². The number of hydrogen-bond acceptors (Lipinski definition) is 2. The van der Waals surface area contributed by atoms with Crippen LogP contribution in [0.25, 0.3) is 0 Å². The molecule has 2 atom stereocenters. The van der Waals surface area contributed by atoms with E-state index in [1.54, 1.807) is 0 Å². The predicted octanol–water partition coefficient (Wildman–Crippen LogP) is 2.41. The highest BCUT2D eigenvalue weighted by atomic mass is 16.1. The van der Waals surface area contributed by atoms with Crippen LogP contribution in [-0.2, 0) is 4.79 Å². The van der Waals surface area contributed by atoms with Crippen molar-refractivity contribution in [3.63, 3.8) is 0 Å². The van der Waals surface area contributed by atoms with Gasteiger partial charge in [-0.25, -0.2) is 0 Å². The zero-order valence-corrected chi connectivity index (χ0v) is 9.31. The molecule has 0 radical (unpaired) electrons. The second-order valence-electron chi connectivity index (χ2n) is 4.35. The van der Waals surface area contributed by atoms with Crippen LogP contribution in [0.15, 0.2) is 30.3 Å². The van der Waals surface area contributed by atoms with Crippen LogP contribution in [0.5, 0.6) is 0 Å². The predicted molar refractivity (Wildman–Crippen MR) is 60.6 cm³/mol. The number of carbonyl (C=O) groups is 1. The van der Waals surface area contributed by atoms with Gasteiger partial charge in [-0.3, -0.25) is 9.69 Å². The lowest BCUT2D eigenvalue weighted by Crippen LogP contribution is -2.30. The van der Waals surface area contributed by atoms with E-state index < -0.39 is 0 Å². The molecule has 15 heavy (non-hydrogen) atoms. The monoisotopic (exact) mass is 203 g/mol. The molecule has 1 saturated heterocycles. The summed E-state index contributed by atoms with van der Waals surface area (Å²) in [5.41, 5.74) is 1.29. The maximum absolute atomic E-state index is 11.4. The van der Waals surface area contributed by atoms with Crippen molar-refractivity contribution < 1.29 is 4.79 Å². The topological polar surface area (TPSA) is 20.3 Å². The molecule has 1 fully saturated rings. The van der Waals surface area contributed by atoms with Gasteiger partial charge in [-0.2, -0.15) is 0 Å². The number of carbonyl (C=O) groups excluding carboxylic acids is 1. The van der Waals surface area contributed by atoms with E-state index in [4.69, 9.17) is 0 Å². The summed E-state index contributed by atoms with van der Waals surface area (Å²) in [5, 5.41) is 0. The molecule has 2 heteroatoms. The van der Waals surface area contributed by atoms with E-state index in [-0.39, 0.29) is 0 Å². The van der Waals surface area contributed by atoms with E-state index in [2.05, 4.69) is 30.9 Å². The quantitative estimate of drug-likeness (QED) is 0.735. The Kier molecular flexibility index (Phi) is 2.87. The average Bonchev–Trinajstić information content (AvgIpc) is 2.58. The van der Waals surface area contributed by atoms with Crippen LogP contribution in [-0.4, -0.2) is 23.3 Å². The summed E-state index contributed by atoms with van der Waals surface area (Å²) in [6.07, 6.45) is 0.706. The van der Waals surface area contributed by atoms with Crippen molar-refractivity contribution in [2.45, 2.75) is 32.4 Å². The van der Waals surface area contributed by atoms with Crippen LogP contribution in [0.2, 0.25) is 0 Å². The molecule has 0 spiro atoms. The first kappa shape index (κ1) is 10.4. The van der Waals surface area contributed by atoms with Crippen molar-refractivity contribution in [2.75, 3.05) is 6.54 Å². The molecule has 1 aliphatic rings. The molecule has 2 rings (SSSR count). The third-order valence-corrected chi connectivity index (χ3v) is 3.23. The van der Waals surface area contributed by atoms with Gasteiger partial charge in [-0.15, -0.1) is 0 Å². The molecule has 0 amide bonds. The van der Waals surface area contributed by atoms with E-state index in [1.807, 2.05) is 18.2 Å². The van der Waals surface area contributed by atoms with Gasteiger partial charge in [0.2, 0.25) is 0 Å².